The van der Waals surface area contributed by atoms with E-state index in [9.17, 15) is 14.9 Å². The third-order valence-electron chi connectivity index (χ3n) is 4.07. The van der Waals surface area contributed by atoms with Gasteiger partial charge in [0.15, 0.2) is 5.52 Å². The van der Waals surface area contributed by atoms with Crippen LogP contribution in [0.2, 0.25) is 0 Å². The number of benzene rings is 1. The maximum absolute atomic E-state index is 12.4. The van der Waals surface area contributed by atoms with E-state index in [-0.39, 0.29) is 28.2 Å². The summed E-state index contributed by atoms with van der Waals surface area (Å²) in [5, 5.41) is 14.4. The molecule has 0 aliphatic heterocycles. The Hall–Kier alpha value is -4.01. The molecule has 0 atom stereocenters. The van der Waals surface area contributed by atoms with Gasteiger partial charge in [-0.3, -0.25) is 19.9 Å². The highest BCUT2D eigenvalue weighted by Gasteiger charge is 2.19. The summed E-state index contributed by atoms with van der Waals surface area (Å²) in [4.78, 5) is 37.3. The minimum Gasteiger partial charge on any atom is -0.379 e. The Morgan fingerprint density at radius 1 is 1.15 bits per heavy atom. The highest BCUT2D eigenvalue weighted by molar-refractivity contribution is 5.88. The van der Waals surface area contributed by atoms with Gasteiger partial charge in [0.1, 0.15) is 11.4 Å². The van der Waals surface area contributed by atoms with Crippen molar-refractivity contribution >= 4 is 22.4 Å². The van der Waals surface area contributed by atoms with Gasteiger partial charge >= 0.3 is 0 Å². The Kier molecular flexibility index (Phi) is 4.09. The second-order valence-electron chi connectivity index (χ2n) is 5.79. The summed E-state index contributed by atoms with van der Waals surface area (Å²) in [6.45, 7) is 0.414. The van der Waals surface area contributed by atoms with Crippen molar-refractivity contribution in [2.75, 3.05) is 5.32 Å². The smallest absolute Gasteiger partial charge is 0.297 e. The second kappa shape index (κ2) is 6.71. The Balaban J connectivity index is 1.78. The summed E-state index contributed by atoms with van der Waals surface area (Å²) in [6.07, 6.45) is 3.21. The number of hydrogen-bond donors (Lipinski definition) is 3. The zero-order chi connectivity index (χ0) is 18.8. The number of nitrogens with one attached hydrogen (secondary N) is 3. The lowest BCUT2D eigenvalue weighted by molar-refractivity contribution is -0.383. The van der Waals surface area contributed by atoms with Gasteiger partial charge in [0, 0.05) is 18.5 Å². The molecule has 0 radical (unpaired) electrons. The largest absolute Gasteiger partial charge is 0.379 e. The van der Waals surface area contributed by atoms with Gasteiger partial charge in [-0.25, -0.2) is 4.98 Å². The molecule has 0 amide bonds. The first-order chi connectivity index (χ1) is 13.1. The van der Waals surface area contributed by atoms with Crippen molar-refractivity contribution in [3.63, 3.8) is 0 Å². The molecule has 3 N–H and O–H groups in total. The summed E-state index contributed by atoms with van der Waals surface area (Å²) < 4.78 is 0. The molecule has 0 unspecified atom stereocenters. The Bertz CT molecular complexity index is 1180. The molecule has 1 aromatic carbocycles. The van der Waals surface area contributed by atoms with Gasteiger partial charge in [0.25, 0.3) is 11.2 Å². The molecular formula is C18H14N6O3. The van der Waals surface area contributed by atoms with Crippen LogP contribution >= 0.6 is 0 Å². The lowest BCUT2D eigenvalue weighted by atomic mass is 10.2. The van der Waals surface area contributed by atoms with Gasteiger partial charge in [0.2, 0.25) is 0 Å². The molecular weight excluding hydrogens is 348 g/mol. The first-order valence-corrected chi connectivity index (χ1v) is 8.12. The SMILES string of the molecule is O=c1[nH]ccc(NCc2ccccn2)c1-c1nc2c([N+](=O)[O-])cccc2[nH]1. The molecule has 0 aliphatic carbocycles. The third kappa shape index (κ3) is 3.13. The number of nitrogens with zero attached hydrogens (tertiary/aromatic N) is 3. The number of anilines is 1. The van der Waals surface area contributed by atoms with E-state index in [1.807, 2.05) is 18.2 Å². The molecule has 0 fully saturated rings. The molecule has 134 valence electrons. The fourth-order valence-electron chi connectivity index (χ4n) is 2.83. The van der Waals surface area contributed by atoms with Crippen molar-refractivity contribution < 1.29 is 4.92 Å². The van der Waals surface area contributed by atoms with E-state index >= 15 is 0 Å². The van der Waals surface area contributed by atoms with Gasteiger partial charge in [0.05, 0.1) is 28.4 Å². The van der Waals surface area contributed by atoms with E-state index in [4.69, 9.17) is 0 Å². The fraction of sp³-hybridized carbons (Fsp3) is 0.0556. The first kappa shape index (κ1) is 16.5. The predicted molar refractivity (Wildman–Crippen MR) is 100 cm³/mol. The van der Waals surface area contributed by atoms with Crippen LogP contribution < -0.4 is 10.9 Å². The van der Waals surface area contributed by atoms with Gasteiger partial charge in [-0.1, -0.05) is 12.1 Å². The second-order valence-corrected chi connectivity index (χ2v) is 5.79. The average Bonchev–Trinajstić information content (AvgIpc) is 3.10. The Morgan fingerprint density at radius 3 is 2.81 bits per heavy atom. The standard InChI is InChI=1S/C18H14N6O3/c25-18-15(12(7-9-20-18)21-10-11-4-1-2-8-19-11)17-22-13-5-3-6-14(24(26)27)16(13)23-17/h1-9H,10H2,(H,22,23)(H2,20,21,25). The number of nitro benzene ring substituents is 1. The van der Waals surface area contributed by atoms with Crippen LogP contribution in [0, 0.1) is 10.1 Å². The zero-order valence-electron chi connectivity index (χ0n) is 14.0. The van der Waals surface area contributed by atoms with Crippen LogP contribution in [0.5, 0.6) is 0 Å². The summed E-state index contributed by atoms with van der Waals surface area (Å²) in [5.41, 5.74) is 1.84. The van der Waals surface area contributed by atoms with Gasteiger partial charge in [-0.2, -0.15) is 0 Å². The van der Waals surface area contributed by atoms with Crippen LogP contribution in [0.15, 0.2) is 59.7 Å². The van der Waals surface area contributed by atoms with Gasteiger partial charge in [-0.05, 0) is 24.3 Å². The molecule has 4 aromatic rings. The number of pyridine rings is 2. The minimum absolute atomic E-state index is 0.120. The first-order valence-electron chi connectivity index (χ1n) is 8.12. The number of fused-ring (bicyclic) bond motifs is 1. The maximum atomic E-state index is 12.4. The van der Waals surface area contributed by atoms with E-state index in [0.29, 0.717) is 17.7 Å². The molecule has 0 saturated heterocycles. The Morgan fingerprint density at radius 2 is 2.04 bits per heavy atom. The van der Waals surface area contributed by atoms with Crippen LogP contribution in [-0.4, -0.2) is 24.9 Å². The summed E-state index contributed by atoms with van der Waals surface area (Å²) in [7, 11) is 0. The van der Waals surface area contributed by atoms with E-state index in [1.54, 1.807) is 24.4 Å². The normalized spacial score (nSPS) is 10.8. The predicted octanol–water partition coefficient (Wildman–Crippen LogP) is 2.83. The molecule has 3 aromatic heterocycles. The van der Waals surface area contributed by atoms with Gasteiger partial charge in [-0.15, -0.1) is 0 Å². The third-order valence-corrected chi connectivity index (χ3v) is 4.07. The van der Waals surface area contributed by atoms with Crippen LogP contribution in [0.4, 0.5) is 11.4 Å². The maximum Gasteiger partial charge on any atom is 0.297 e. The van der Waals surface area contributed by atoms with Crippen molar-refractivity contribution in [2.45, 2.75) is 6.54 Å². The monoisotopic (exact) mass is 362 g/mol. The number of imidazole rings is 1. The Labute approximate surface area is 152 Å². The van der Waals surface area contributed by atoms with Crippen LogP contribution in [0.25, 0.3) is 22.4 Å². The van der Waals surface area contributed by atoms with Crippen LogP contribution in [-0.2, 0) is 6.54 Å². The van der Waals surface area contributed by atoms with E-state index in [1.165, 1.54) is 12.3 Å². The average molecular weight is 362 g/mol. The van der Waals surface area contributed by atoms with Crippen molar-refractivity contribution in [3.05, 3.63) is 81.0 Å². The van der Waals surface area contributed by atoms with Crippen LogP contribution in [0.3, 0.4) is 0 Å². The lowest BCUT2D eigenvalue weighted by Crippen LogP contribution is -2.13. The lowest BCUT2D eigenvalue weighted by Gasteiger charge is -2.09. The zero-order valence-corrected chi connectivity index (χ0v) is 14.0. The number of aromatic nitrogens is 4. The number of aromatic amines is 2. The van der Waals surface area contributed by atoms with Crippen molar-refractivity contribution in [1.82, 2.24) is 19.9 Å². The number of nitro groups is 1. The quantitative estimate of drug-likeness (QED) is 0.370. The molecule has 9 nitrogen and oxygen atoms in total. The van der Waals surface area contributed by atoms with Crippen molar-refractivity contribution in [1.29, 1.82) is 0 Å². The molecule has 4 rings (SSSR count). The van der Waals surface area contributed by atoms with E-state index in [2.05, 4.69) is 25.3 Å². The molecule has 0 aliphatic rings. The summed E-state index contributed by atoms with van der Waals surface area (Å²) >= 11 is 0. The molecule has 3 heterocycles. The molecule has 0 bridgehead atoms. The molecule has 9 heteroatoms. The molecule has 0 spiro atoms. The minimum atomic E-state index is -0.498. The van der Waals surface area contributed by atoms with Gasteiger partial charge < -0.3 is 15.3 Å². The topological polar surface area (TPSA) is 130 Å². The highest BCUT2D eigenvalue weighted by Crippen LogP contribution is 2.28. The summed E-state index contributed by atoms with van der Waals surface area (Å²) in [6, 6.07) is 11.9. The van der Waals surface area contributed by atoms with E-state index in [0.717, 1.165) is 5.69 Å². The number of hydrogen-bond acceptors (Lipinski definition) is 6. The molecule has 27 heavy (non-hydrogen) atoms. The fourth-order valence-corrected chi connectivity index (χ4v) is 2.83. The number of para-hydroxylation sites is 1. The number of H-pyrrole nitrogens is 2. The number of non-ortho nitro benzene ring substituents is 1. The summed E-state index contributed by atoms with van der Waals surface area (Å²) in [5.74, 6) is 0.254. The number of rotatable bonds is 5. The van der Waals surface area contributed by atoms with E-state index < -0.39 is 4.92 Å². The van der Waals surface area contributed by atoms with Crippen molar-refractivity contribution in [2.24, 2.45) is 0 Å². The van der Waals surface area contributed by atoms with Crippen LogP contribution in [0.1, 0.15) is 5.69 Å². The highest BCUT2D eigenvalue weighted by atomic mass is 16.6. The van der Waals surface area contributed by atoms with Crippen molar-refractivity contribution in [3.8, 4) is 11.4 Å². The molecule has 0 saturated carbocycles.